The summed E-state index contributed by atoms with van der Waals surface area (Å²) in [7, 11) is 1.78. The molecule has 0 radical (unpaired) electrons. The van der Waals surface area contributed by atoms with E-state index in [4.69, 9.17) is 0 Å². The van der Waals surface area contributed by atoms with Crippen LogP contribution in [0.3, 0.4) is 0 Å². The van der Waals surface area contributed by atoms with Gasteiger partial charge in [0.25, 0.3) is 0 Å². The standard InChI is InChI=1S/C9H14N4O2/c1-10-8-2-9(12-5-11-8)13-3-6(14)7(15)4-13/h2,5-7,14-15H,3-4H2,1H3,(H,10,11,12). The van der Waals surface area contributed by atoms with E-state index in [-0.39, 0.29) is 0 Å². The van der Waals surface area contributed by atoms with Gasteiger partial charge in [-0.1, -0.05) is 0 Å². The molecular formula is C9H14N4O2. The topological polar surface area (TPSA) is 81.5 Å². The van der Waals surface area contributed by atoms with Crippen molar-refractivity contribution in [3.8, 4) is 0 Å². The van der Waals surface area contributed by atoms with E-state index in [9.17, 15) is 10.2 Å². The molecule has 2 rings (SSSR count). The minimum absolute atomic E-state index is 0.404. The molecule has 0 amide bonds. The molecule has 1 aromatic heterocycles. The number of β-amino-alcohol motifs (C(OH)–C–C–N with tert-alkyl or cyclic N) is 2. The van der Waals surface area contributed by atoms with Crippen molar-refractivity contribution in [2.24, 2.45) is 0 Å². The number of aliphatic hydroxyl groups is 2. The number of hydrogen-bond donors (Lipinski definition) is 3. The fraction of sp³-hybridized carbons (Fsp3) is 0.556. The molecule has 1 saturated heterocycles. The molecule has 3 N–H and O–H groups in total. The normalized spacial score (nSPS) is 25.7. The molecule has 2 heterocycles. The Kier molecular flexibility index (Phi) is 2.70. The van der Waals surface area contributed by atoms with Crippen LogP contribution in [0.25, 0.3) is 0 Å². The third-order valence-corrected chi connectivity index (χ3v) is 2.49. The van der Waals surface area contributed by atoms with Gasteiger partial charge >= 0.3 is 0 Å². The highest BCUT2D eigenvalue weighted by molar-refractivity contribution is 5.49. The number of rotatable bonds is 2. The maximum atomic E-state index is 9.41. The van der Waals surface area contributed by atoms with Crippen LogP contribution in [0.1, 0.15) is 0 Å². The van der Waals surface area contributed by atoms with Gasteiger partial charge in [0.1, 0.15) is 18.0 Å². The Morgan fingerprint density at radius 1 is 1.33 bits per heavy atom. The minimum atomic E-state index is -0.696. The van der Waals surface area contributed by atoms with E-state index in [1.807, 2.05) is 4.90 Å². The van der Waals surface area contributed by atoms with Crippen LogP contribution < -0.4 is 10.2 Å². The van der Waals surface area contributed by atoms with Crippen LogP contribution >= 0.6 is 0 Å². The Morgan fingerprint density at radius 3 is 2.60 bits per heavy atom. The van der Waals surface area contributed by atoms with Crippen LogP contribution in [0.5, 0.6) is 0 Å². The van der Waals surface area contributed by atoms with E-state index < -0.39 is 12.2 Å². The molecule has 82 valence electrons. The van der Waals surface area contributed by atoms with Gasteiger partial charge in [0, 0.05) is 26.2 Å². The Balaban J connectivity index is 2.16. The molecule has 15 heavy (non-hydrogen) atoms. The summed E-state index contributed by atoms with van der Waals surface area (Å²) in [6.45, 7) is 0.808. The number of aliphatic hydroxyl groups excluding tert-OH is 2. The number of nitrogens with one attached hydrogen (secondary N) is 1. The van der Waals surface area contributed by atoms with Crippen molar-refractivity contribution in [3.63, 3.8) is 0 Å². The van der Waals surface area contributed by atoms with Crippen LogP contribution in [-0.4, -0.2) is 52.5 Å². The first-order chi connectivity index (χ1) is 7.20. The van der Waals surface area contributed by atoms with E-state index in [1.54, 1.807) is 13.1 Å². The quantitative estimate of drug-likeness (QED) is 0.584. The Bertz CT molecular complexity index is 337. The molecule has 0 saturated carbocycles. The van der Waals surface area contributed by atoms with E-state index in [2.05, 4.69) is 15.3 Å². The van der Waals surface area contributed by atoms with Gasteiger partial charge in [-0.15, -0.1) is 0 Å². The Morgan fingerprint density at radius 2 is 2.00 bits per heavy atom. The van der Waals surface area contributed by atoms with Gasteiger partial charge in [-0.3, -0.25) is 0 Å². The molecule has 2 atom stereocenters. The monoisotopic (exact) mass is 210 g/mol. The van der Waals surface area contributed by atoms with Crippen LogP contribution in [0.15, 0.2) is 12.4 Å². The second-order valence-electron chi connectivity index (χ2n) is 3.55. The summed E-state index contributed by atoms with van der Waals surface area (Å²) in [5.74, 6) is 1.43. The summed E-state index contributed by atoms with van der Waals surface area (Å²) < 4.78 is 0. The first kappa shape index (κ1) is 10.1. The zero-order valence-electron chi connectivity index (χ0n) is 8.46. The molecule has 6 nitrogen and oxygen atoms in total. The third-order valence-electron chi connectivity index (χ3n) is 2.49. The van der Waals surface area contributed by atoms with Crippen LogP contribution in [0.2, 0.25) is 0 Å². The van der Waals surface area contributed by atoms with Gasteiger partial charge in [-0.05, 0) is 0 Å². The molecule has 1 fully saturated rings. The highest BCUT2D eigenvalue weighted by Gasteiger charge is 2.30. The Labute approximate surface area is 87.6 Å². The molecule has 1 aromatic rings. The maximum Gasteiger partial charge on any atom is 0.134 e. The van der Waals surface area contributed by atoms with Gasteiger partial charge in [0.15, 0.2) is 0 Å². The summed E-state index contributed by atoms with van der Waals surface area (Å²) in [5, 5.41) is 21.7. The summed E-state index contributed by atoms with van der Waals surface area (Å²) in [6.07, 6.45) is 0.0640. The van der Waals surface area contributed by atoms with Crippen molar-refractivity contribution in [3.05, 3.63) is 12.4 Å². The van der Waals surface area contributed by atoms with Gasteiger partial charge in [-0.2, -0.15) is 0 Å². The second kappa shape index (κ2) is 4.00. The van der Waals surface area contributed by atoms with Crippen LogP contribution in [0.4, 0.5) is 11.6 Å². The summed E-state index contributed by atoms with van der Waals surface area (Å²) in [6, 6.07) is 1.78. The van der Waals surface area contributed by atoms with Crippen molar-refractivity contribution >= 4 is 11.6 Å². The van der Waals surface area contributed by atoms with Crippen molar-refractivity contribution in [2.75, 3.05) is 30.4 Å². The maximum absolute atomic E-state index is 9.41. The van der Waals surface area contributed by atoms with Crippen molar-refractivity contribution < 1.29 is 10.2 Å². The highest BCUT2D eigenvalue weighted by atomic mass is 16.3. The average molecular weight is 210 g/mol. The zero-order valence-corrected chi connectivity index (χ0v) is 8.46. The molecular weight excluding hydrogens is 196 g/mol. The van der Waals surface area contributed by atoms with E-state index in [0.717, 1.165) is 5.82 Å². The zero-order chi connectivity index (χ0) is 10.8. The largest absolute Gasteiger partial charge is 0.389 e. The van der Waals surface area contributed by atoms with Crippen molar-refractivity contribution in [1.29, 1.82) is 0 Å². The van der Waals surface area contributed by atoms with Crippen LogP contribution in [-0.2, 0) is 0 Å². The molecule has 0 aromatic carbocycles. The lowest BCUT2D eigenvalue weighted by molar-refractivity contribution is 0.0572. The number of hydrogen-bond acceptors (Lipinski definition) is 6. The summed E-state index contributed by atoms with van der Waals surface area (Å²) in [5.41, 5.74) is 0. The fourth-order valence-electron chi connectivity index (χ4n) is 1.61. The van der Waals surface area contributed by atoms with E-state index in [0.29, 0.717) is 18.9 Å². The van der Waals surface area contributed by atoms with Gasteiger partial charge in [-0.25, -0.2) is 9.97 Å². The van der Waals surface area contributed by atoms with Crippen LogP contribution in [0, 0.1) is 0 Å². The molecule has 0 bridgehead atoms. The molecule has 1 aliphatic heterocycles. The summed E-state index contributed by atoms with van der Waals surface area (Å²) in [4.78, 5) is 9.92. The van der Waals surface area contributed by atoms with Gasteiger partial charge in [0.2, 0.25) is 0 Å². The van der Waals surface area contributed by atoms with Crippen molar-refractivity contribution in [2.45, 2.75) is 12.2 Å². The van der Waals surface area contributed by atoms with Gasteiger partial charge < -0.3 is 20.4 Å². The number of anilines is 2. The smallest absolute Gasteiger partial charge is 0.134 e. The molecule has 0 spiro atoms. The summed E-state index contributed by atoms with van der Waals surface area (Å²) >= 11 is 0. The van der Waals surface area contributed by atoms with Crippen molar-refractivity contribution in [1.82, 2.24) is 9.97 Å². The highest BCUT2D eigenvalue weighted by Crippen LogP contribution is 2.19. The predicted octanol–water partition coefficient (Wildman–Crippen LogP) is -0.940. The molecule has 2 unspecified atom stereocenters. The lowest BCUT2D eigenvalue weighted by Crippen LogP contribution is -2.22. The lowest BCUT2D eigenvalue weighted by Gasteiger charge is -2.16. The van der Waals surface area contributed by atoms with E-state index in [1.165, 1.54) is 6.33 Å². The number of nitrogens with zero attached hydrogens (tertiary/aromatic N) is 3. The molecule has 1 aliphatic rings. The molecule has 0 aliphatic carbocycles. The first-order valence-electron chi connectivity index (χ1n) is 4.81. The average Bonchev–Trinajstić information content (AvgIpc) is 2.59. The SMILES string of the molecule is CNc1cc(N2CC(O)C(O)C2)ncn1. The Hall–Kier alpha value is -1.40. The number of aromatic nitrogens is 2. The van der Waals surface area contributed by atoms with Gasteiger partial charge in [0.05, 0.1) is 12.2 Å². The fourth-order valence-corrected chi connectivity index (χ4v) is 1.61. The first-order valence-corrected chi connectivity index (χ1v) is 4.81. The molecule has 6 heteroatoms. The second-order valence-corrected chi connectivity index (χ2v) is 3.55. The lowest BCUT2D eigenvalue weighted by atomic mass is 10.3. The predicted molar refractivity (Wildman–Crippen MR) is 55.8 cm³/mol. The third kappa shape index (κ3) is 2.00. The van der Waals surface area contributed by atoms with E-state index >= 15 is 0 Å². The minimum Gasteiger partial charge on any atom is -0.389 e.